The highest BCUT2D eigenvalue weighted by atomic mass is 32.2. The number of carboxylic acid groups (broad SMARTS) is 1. The minimum absolute atomic E-state index is 0.0504. The Kier molecular flexibility index (Phi) is 4.17. The Hall–Kier alpha value is -1.45. The number of piperidine rings is 1. The largest absolute Gasteiger partial charge is 0.480 e. The summed E-state index contributed by atoms with van der Waals surface area (Å²) in [5.74, 6) is -0.753. The third-order valence-electron chi connectivity index (χ3n) is 2.97. The van der Waals surface area contributed by atoms with Gasteiger partial charge in [0.05, 0.1) is 12.7 Å². The SMILES string of the molecule is O=C(O)C1CCCCN1S(=O)(=O)NCc1ccno1. The molecule has 1 aromatic heterocycles. The number of carbonyl (C=O) groups is 1. The van der Waals surface area contributed by atoms with Gasteiger partial charge in [-0.25, -0.2) is 0 Å². The quantitative estimate of drug-likeness (QED) is 0.785. The fraction of sp³-hybridized carbons (Fsp3) is 0.600. The van der Waals surface area contributed by atoms with E-state index < -0.39 is 22.2 Å². The Balaban J connectivity index is 2.06. The highest BCUT2D eigenvalue weighted by Gasteiger charge is 2.36. The van der Waals surface area contributed by atoms with Gasteiger partial charge in [-0.15, -0.1) is 0 Å². The van der Waals surface area contributed by atoms with Gasteiger partial charge in [0.2, 0.25) is 0 Å². The molecule has 0 aliphatic carbocycles. The van der Waals surface area contributed by atoms with Crippen LogP contribution in [0.4, 0.5) is 0 Å². The normalized spacial score (nSPS) is 21.4. The zero-order valence-corrected chi connectivity index (χ0v) is 11.0. The number of hydrogen-bond acceptors (Lipinski definition) is 5. The summed E-state index contributed by atoms with van der Waals surface area (Å²) in [5, 5.41) is 12.5. The van der Waals surface area contributed by atoms with Gasteiger partial charge in [-0.2, -0.15) is 17.4 Å². The lowest BCUT2D eigenvalue weighted by Gasteiger charge is -2.31. The van der Waals surface area contributed by atoms with Crippen LogP contribution in [0.25, 0.3) is 0 Å². The van der Waals surface area contributed by atoms with Crippen molar-refractivity contribution in [2.75, 3.05) is 6.54 Å². The summed E-state index contributed by atoms with van der Waals surface area (Å²) in [6.45, 7) is 0.161. The molecule has 1 aromatic rings. The van der Waals surface area contributed by atoms with Crippen molar-refractivity contribution in [3.63, 3.8) is 0 Å². The van der Waals surface area contributed by atoms with Crippen molar-refractivity contribution in [2.45, 2.75) is 31.8 Å². The van der Waals surface area contributed by atoms with Crippen LogP contribution in [0.15, 0.2) is 16.8 Å². The number of nitrogens with zero attached hydrogens (tertiary/aromatic N) is 2. The molecule has 0 aromatic carbocycles. The first-order valence-corrected chi connectivity index (χ1v) is 7.33. The number of aromatic nitrogens is 1. The molecule has 1 unspecified atom stereocenters. The molecule has 1 atom stereocenters. The maximum absolute atomic E-state index is 12.1. The molecule has 0 spiro atoms. The number of rotatable bonds is 5. The van der Waals surface area contributed by atoms with Crippen molar-refractivity contribution in [1.29, 1.82) is 0 Å². The van der Waals surface area contributed by atoms with Crippen LogP contribution in [0.5, 0.6) is 0 Å². The molecule has 1 saturated heterocycles. The van der Waals surface area contributed by atoms with E-state index in [4.69, 9.17) is 9.63 Å². The van der Waals surface area contributed by atoms with Crippen LogP contribution in [0.1, 0.15) is 25.0 Å². The van der Waals surface area contributed by atoms with Crippen LogP contribution < -0.4 is 4.72 Å². The van der Waals surface area contributed by atoms with Crippen molar-refractivity contribution in [3.8, 4) is 0 Å². The highest BCUT2D eigenvalue weighted by Crippen LogP contribution is 2.20. The number of nitrogens with one attached hydrogen (secondary N) is 1. The Labute approximate surface area is 110 Å². The summed E-state index contributed by atoms with van der Waals surface area (Å²) < 4.78 is 32.3. The Morgan fingerprint density at radius 1 is 1.58 bits per heavy atom. The zero-order valence-electron chi connectivity index (χ0n) is 10.2. The molecule has 1 aliphatic heterocycles. The van der Waals surface area contributed by atoms with Crippen molar-refractivity contribution in [2.24, 2.45) is 0 Å². The van der Waals surface area contributed by atoms with E-state index in [1.54, 1.807) is 0 Å². The molecule has 1 aliphatic rings. The summed E-state index contributed by atoms with van der Waals surface area (Å²) in [5.41, 5.74) is 0. The summed E-state index contributed by atoms with van der Waals surface area (Å²) in [4.78, 5) is 11.1. The van der Waals surface area contributed by atoms with E-state index in [0.717, 1.165) is 4.31 Å². The molecular formula is C10H15N3O5S. The van der Waals surface area contributed by atoms with Crippen molar-refractivity contribution in [3.05, 3.63) is 18.0 Å². The molecule has 1 fully saturated rings. The van der Waals surface area contributed by atoms with E-state index in [9.17, 15) is 13.2 Å². The second kappa shape index (κ2) is 5.68. The van der Waals surface area contributed by atoms with Gasteiger partial charge in [0.25, 0.3) is 10.2 Å². The van der Waals surface area contributed by atoms with Gasteiger partial charge in [-0.3, -0.25) is 4.79 Å². The Bertz CT molecular complexity index is 527. The van der Waals surface area contributed by atoms with Crippen LogP contribution in [-0.4, -0.2) is 41.5 Å². The van der Waals surface area contributed by atoms with Crippen LogP contribution in [0.3, 0.4) is 0 Å². The smallest absolute Gasteiger partial charge is 0.322 e. The molecule has 0 radical (unpaired) electrons. The van der Waals surface area contributed by atoms with Crippen LogP contribution in [0.2, 0.25) is 0 Å². The van der Waals surface area contributed by atoms with Gasteiger partial charge in [-0.1, -0.05) is 5.16 Å². The van der Waals surface area contributed by atoms with Gasteiger partial charge >= 0.3 is 5.97 Å². The van der Waals surface area contributed by atoms with E-state index in [-0.39, 0.29) is 13.1 Å². The van der Waals surface area contributed by atoms with E-state index in [0.29, 0.717) is 25.0 Å². The highest BCUT2D eigenvalue weighted by molar-refractivity contribution is 7.87. The summed E-state index contributed by atoms with van der Waals surface area (Å²) in [7, 11) is -3.84. The van der Waals surface area contributed by atoms with Gasteiger partial charge in [0.1, 0.15) is 6.04 Å². The van der Waals surface area contributed by atoms with Crippen LogP contribution in [0, 0.1) is 0 Å². The minimum atomic E-state index is -3.84. The van der Waals surface area contributed by atoms with E-state index in [2.05, 4.69) is 9.88 Å². The second-order valence-corrected chi connectivity index (χ2v) is 5.97. The summed E-state index contributed by atoms with van der Waals surface area (Å²) >= 11 is 0. The van der Waals surface area contributed by atoms with Crippen molar-refractivity contribution >= 4 is 16.2 Å². The van der Waals surface area contributed by atoms with Crippen LogP contribution in [-0.2, 0) is 21.5 Å². The lowest BCUT2D eigenvalue weighted by Crippen LogP contribution is -2.51. The van der Waals surface area contributed by atoms with Gasteiger partial charge in [-0.05, 0) is 19.3 Å². The molecule has 0 bridgehead atoms. The topological polar surface area (TPSA) is 113 Å². The number of hydrogen-bond donors (Lipinski definition) is 2. The lowest BCUT2D eigenvalue weighted by atomic mass is 10.1. The first kappa shape index (κ1) is 14.0. The molecule has 0 saturated carbocycles. The van der Waals surface area contributed by atoms with Gasteiger partial charge in [0.15, 0.2) is 5.76 Å². The molecule has 0 amide bonds. The Morgan fingerprint density at radius 2 is 2.37 bits per heavy atom. The van der Waals surface area contributed by atoms with Crippen molar-refractivity contribution < 1.29 is 22.8 Å². The third kappa shape index (κ3) is 3.31. The molecule has 8 nitrogen and oxygen atoms in total. The average molecular weight is 289 g/mol. The van der Waals surface area contributed by atoms with Crippen molar-refractivity contribution in [1.82, 2.24) is 14.2 Å². The third-order valence-corrected chi connectivity index (χ3v) is 4.53. The first-order valence-electron chi connectivity index (χ1n) is 5.89. The summed E-state index contributed by atoms with van der Waals surface area (Å²) in [6, 6.07) is 0.536. The number of aliphatic carboxylic acids is 1. The fourth-order valence-electron chi connectivity index (χ4n) is 2.02. The van der Waals surface area contributed by atoms with Gasteiger partial charge < -0.3 is 9.63 Å². The monoisotopic (exact) mass is 289 g/mol. The van der Waals surface area contributed by atoms with Crippen LogP contribution >= 0.6 is 0 Å². The zero-order chi connectivity index (χ0) is 13.9. The average Bonchev–Trinajstić information content (AvgIpc) is 2.89. The fourth-order valence-corrected chi connectivity index (χ4v) is 3.41. The molecule has 19 heavy (non-hydrogen) atoms. The summed E-state index contributed by atoms with van der Waals surface area (Å²) in [6.07, 6.45) is 3.11. The number of carboxylic acids is 1. The molecule has 2 N–H and O–H groups in total. The molecular weight excluding hydrogens is 274 g/mol. The van der Waals surface area contributed by atoms with E-state index >= 15 is 0 Å². The van der Waals surface area contributed by atoms with E-state index in [1.807, 2.05) is 0 Å². The molecule has 9 heteroatoms. The van der Waals surface area contributed by atoms with E-state index in [1.165, 1.54) is 12.3 Å². The predicted molar refractivity (Wildman–Crippen MR) is 64.2 cm³/mol. The molecule has 106 valence electrons. The van der Waals surface area contributed by atoms with Gasteiger partial charge in [0, 0.05) is 12.6 Å². The lowest BCUT2D eigenvalue weighted by molar-refractivity contribution is -0.142. The first-order chi connectivity index (χ1) is 9.00. The maximum atomic E-state index is 12.1. The maximum Gasteiger partial charge on any atom is 0.322 e. The Morgan fingerprint density at radius 3 is 3.00 bits per heavy atom. The molecule has 2 rings (SSSR count). The molecule has 2 heterocycles. The standard InChI is InChI=1S/C10H15N3O5S/c14-10(15)9-3-1-2-6-13(9)19(16,17)12-7-8-4-5-11-18-8/h4-5,9,12H,1-3,6-7H2,(H,14,15). The minimum Gasteiger partial charge on any atom is -0.480 e. The second-order valence-electron chi connectivity index (χ2n) is 4.27. The predicted octanol–water partition coefficient (Wildman–Crippen LogP) is -0.0519.